The molecule has 0 fully saturated rings. The summed E-state index contributed by atoms with van der Waals surface area (Å²) < 4.78 is 18.5. The van der Waals surface area contributed by atoms with Crippen molar-refractivity contribution in [2.45, 2.75) is 6.54 Å². The minimum atomic E-state index is -0.406. The second kappa shape index (κ2) is 7.98. The number of benzene rings is 2. The summed E-state index contributed by atoms with van der Waals surface area (Å²) in [5.41, 5.74) is 1.27. The van der Waals surface area contributed by atoms with E-state index in [1.54, 1.807) is 25.3 Å². The maximum absolute atomic E-state index is 12.7. The first kappa shape index (κ1) is 18.5. The van der Waals surface area contributed by atoms with Crippen LogP contribution in [0.4, 0.5) is 0 Å². The van der Waals surface area contributed by atoms with E-state index in [0.29, 0.717) is 28.4 Å². The van der Waals surface area contributed by atoms with Crippen LogP contribution in [-0.4, -0.2) is 31.8 Å². The molecule has 2 aromatic carbocycles. The van der Waals surface area contributed by atoms with E-state index in [0.717, 1.165) is 16.0 Å². The number of rotatable bonds is 5. The Morgan fingerprint density at radius 2 is 1.74 bits per heavy atom. The highest BCUT2D eigenvalue weighted by Gasteiger charge is 2.12. The topological polar surface area (TPSA) is 62.1 Å². The Kier molecular flexibility index (Phi) is 5.48. The van der Waals surface area contributed by atoms with Crippen molar-refractivity contribution in [3.8, 4) is 29.6 Å². The van der Waals surface area contributed by atoms with Gasteiger partial charge in [0.1, 0.15) is 17.2 Å². The fourth-order valence-corrected chi connectivity index (χ4v) is 3.65. The monoisotopic (exact) mass is 382 g/mol. The highest BCUT2D eigenvalue weighted by molar-refractivity contribution is 7.16. The Morgan fingerprint density at radius 3 is 2.33 bits per heavy atom. The van der Waals surface area contributed by atoms with Gasteiger partial charge in [-0.15, -0.1) is 6.42 Å². The molecule has 1 heterocycles. The zero-order valence-electron chi connectivity index (χ0n) is 15.2. The molecule has 0 aliphatic carbocycles. The van der Waals surface area contributed by atoms with Crippen molar-refractivity contribution in [1.29, 1.82) is 0 Å². The molecule has 27 heavy (non-hydrogen) atoms. The molecule has 138 valence electrons. The lowest BCUT2D eigenvalue weighted by molar-refractivity contribution is 0.0997. The molecular formula is C20H18N2O4S. The zero-order chi connectivity index (χ0) is 19.4. The zero-order valence-corrected chi connectivity index (χ0v) is 16.0. The molecule has 7 heteroatoms. The van der Waals surface area contributed by atoms with E-state index in [9.17, 15) is 4.79 Å². The number of terminal acetylenes is 1. The molecule has 1 aromatic heterocycles. The third kappa shape index (κ3) is 3.81. The summed E-state index contributed by atoms with van der Waals surface area (Å²) in [5, 5.41) is 0. The van der Waals surface area contributed by atoms with Gasteiger partial charge in [-0.3, -0.25) is 4.79 Å². The summed E-state index contributed by atoms with van der Waals surface area (Å²) in [7, 11) is 4.66. The van der Waals surface area contributed by atoms with Crippen LogP contribution in [0.2, 0.25) is 0 Å². The van der Waals surface area contributed by atoms with E-state index in [4.69, 9.17) is 20.6 Å². The largest absolute Gasteiger partial charge is 0.497 e. The number of hydrogen-bond donors (Lipinski definition) is 0. The molecule has 0 saturated heterocycles. The van der Waals surface area contributed by atoms with Crippen LogP contribution < -0.4 is 19.0 Å². The van der Waals surface area contributed by atoms with Crippen molar-refractivity contribution >= 4 is 27.5 Å². The summed E-state index contributed by atoms with van der Waals surface area (Å²) in [6.07, 6.45) is 5.50. The predicted molar refractivity (Wildman–Crippen MR) is 105 cm³/mol. The van der Waals surface area contributed by atoms with E-state index in [2.05, 4.69) is 10.9 Å². The fraction of sp³-hybridized carbons (Fsp3) is 0.200. The summed E-state index contributed by atoms with van der Waals surface area (Å²) in [6, 6.07) is 10.6. The Morgan fingerprint density at radius 1 is 1.07 bits per heavy atom. The molecule has 0 aliphatic heterocycles. The average molecular weight is 382 g/mol. The smallest absolute Gasteiger partial charge is 0.279 e. The minimum absolute atomic E-state index is 0.305. The van der Waals surface area contributed by atoms with Crippen LogP contribution in [0.25, 0.3) is 10.2 Å². The first-order chi connectivity index (χ1) is 13.1. The van der Waals surface area contributed by atoms with Crippen LogP contribution in [0.5, 0.6) is 17.2 Å². The molecule has 0 N–H and O–H groups in total. The van der Waals surface area contributed by atoms with Gasteiger partial charge in [0.15, 0.2) is 4.80 Å². The number of ether oxygens (including phenoxy) is 3. The lowest BCUT2D eigenvalue weighted by atomic mass is 10.2. The molecule has 0 saturated carbocycles. The Labute approximate surface area is 160 Å². The molecular weight excluding hydrogens is 364 g/mol. The van der Waals surface area contributed by atoms with Gasteiger partial charge >= 0.3 is 0 Å². The van der Waals surface area contributed by atoms with Crippen LogP contribution in [-0.2, 0) is 6.54 Å². The Balaban J connectivity index is 2.13. The highest BCUT2D eigenvalue weighted by atomic mass is 32.1. The van der Waals surface area contributed by atoms with E-state index >= 15 is 0 Å². The SMILES string of the molecule is C#CCn1c(=NC(=O)c2cc(OC)cc(OC)c2)sc2cc(OC)ccc21. The van der Waals surface area contributed by atoms with Gasteiger partial charge in [0.25, 0.3) is 5.91 Å². The number of hydrogen-bond acceptors (Lipinski definition) is 5. The molecule has 3 aromatic rings. The van der Waals surface area contributed by atoms with Crippen molar-refractivity contribution in [1.82, 2.24) is 4.57 Å². The van der Waals surface area contributed by atoms with Gasteiger partial charge in [-0.2, -0.15) is 4.99 Å². The summed E-state index contributed by atoms with van der Waals surface area (Å²) in [4.78, 5) is 17.5. The standard InChI is InChI=1S/C20H18N2O4S/c1-5-8-22-17-7-6-14(24-2)12-18(17)27-20(22)21-19(23)13-9-15(25-3)11-16(10-13)26-4/h1,6-7,9-12H,8H2,2-4H3. The maximum atomic E-state index is 12.7. The number of aromatic nitrogens is 1. The molecule has 6 nitrogen and oxygen atoms in total. The van der Waals surface area contributed by atoms with Crippen molar-refractivity contribution in [2.75, 3.05) is 21.3 Å². The van der Waals surface area contributed by atoms with Crippen LogP contribution in [0, 0.1) is 12.3 Å². The molecule has 0 aliphatic rings. The van der Waals surface area contributed by atoms with Gasteiger partial charge in [-0.05, 0) is 30.3 Å². The van der Waals surface area contributed by atoms with Crippen molar-refractivity contribution in [3.05, 3.63) is 46.8 Å². The van der Waals surface area contributed by atoms with E-state index in [1.165, 1.54) is 25.6 Å². The van der Waals surface area contributed by atoms with Gasteiger partial charge in [0.2, 0.25) is 0 Å². The number of nitrogens with zero attached hydrogens (tertiary/aromatic N) is 2. The summed E-state index contributed by atoms with van der Waals surface area (Å²) in [6.45, 7) is 0.305. The number of carbonyl (C=O) groups is 1. The average Bonchev–Trinajstić information content (AvgIpc) is 3.03. The van der Waals surface area contributed by atoms with Gasteiger partial charge in [0.05, 0.1) is 38.1 Å². The highest BCUT2D eigenvalue weighted by Crippen LogP contribution is 2.24. The third-order valence-corrected chi connectivity index (χ3v) is 4.98. The van der Waals surface area contributed by atoms with Crippen LogP contribution in [0.15, 0.2) is 41.4 Å². The normalized spacial score (nSPS) is 11.3. The number of amides is 1. The lowest BCUT2D eigenvalue weighted by Crippen LogP contribution is -2.16. The quantitative estimate of drug-likeness (QED) is 0.636. The molecule has 0 spiro atoms. The third-order valence-electron chi connectivity index (χ3n) is 3.93. The first-order valence-electron chi connectivity index (χ1n) is 8.02. The van der Waals surface area contributed by atoms with Crippen molar-refractivity contribution < 1.29 is 19.0 Å². The van der Waals surface area contributed by atoms with E-state index < -0.39 is 5.91 Å². The van der Waals surface area contributed by atoms with Gasteiger partial charge in [-0.1, -0.05) is 17.3 Å². The number of carbonyl (C=O) groups excluding carboxylic acids is 1. The number of thiazole rings is 1. The first-order valence-corrected chi connectivity index (χ1v) is 8.84. The second-order valence-corrected chi connectivity index (χ2v) is 6.54. The van der Waals surface area contributed by atoms with Gasteiger partial charge < -0.3 is 18.8 Å². The molecule has 3 rings (SSSR count). The lowest BCUT2D eigenvalue weighted by Gasteiger charge is -2.06. The van der Waals surface area contributed by atoms with E-state index in [1.807, 2.05) is 22.8 Å². The summed E-state index contributed by atoms with van der Waals surface area (Å²) >= 11 is 1.37. The Hall–Kier alpha value is -3.24. The van der Waals surface area contributed by atoms with Gasteiger partial charge in [0, 0.05) is 11.6 Å². The summed E-state index contributed by atoms with van der Waals surface area (Å²) in [5.74, 6) is 3.97. The van der Waals surface area contributed by atoms with E-state index in [-0.39, 0.29) is 0 Å². The van der Waals surface area contributed by atoms with Gasteiger partial charge in [-0.25, -0.2) is 0 Å². The second-order valence-electron chi connectivity index (χ2n) is 5.53. The van der Waals surface area contributed by atoms with Crippen LogP contribution >= 0.6 is 11.3 Å². The fourth-order valence-electron chi connectivity index (χ4n) is 2.59. The maximum Gasteiger partial charge on any atom is 0.279 e. The van der Waals surface area contributed by atoms with Crippen LogP contribution in [0.3, 0.4) is 0 Å². The number of methoxy groups -OCH3 is 3. The Bertz CT molecular complexity index is 1080. The molecule has 0 unspecified atom stereocenters. The van der Waals surface area contributed by atoms with Crippen molar-refractivity contribution in [2.24, 2.45) is 4.99 Å². The molecule has 0 radical (unpaired) electrons. The molecule has 0 bridgehead atoms. The molecule has 1 amide bonds. The number of fused-ring (bicyclic) bond motifs is 1. The molecule has 0 atom stereocenters. The van der Waals surface area contributed by atoms with Crippen molar-refractivity contribution in [3.63, 3.8) is 0 Å². The predicted octanol–water partition coefficient (Wildman–Crippen LogP) is 3.10. The van der Waals surface area contributed by atoms with Crippen LogP contribution in [0.1, 0.15) is 10.4 Å². The minimum Gasteiger partial charge on any atom is -0.497 e.